The number of aromatic amines is 2. The Hall–Kier alpha value is -2.98. The normalized spacial score (nSPS) is 11.2. The lowest BCUT2D eigenvalue weighted by atomic mass is 10.3. The Labute approximate surface area is 186 Å². The highest BCUT2D eigenvalue weighted by atomic mass is 32.2. The van der Waals surface area contributed by atoms with Crippen LogP contribution in [0.15, 0.2) is 46.7 Å². The van der Waals surface area contributed by atoms with Crippen molar-refractivity contribution in [2.24, 2.45) is 0 Å². The number of carbonyl (C=O) groups excluding carboxylic acids is 2. The molecule has 0 aliphatic rings. The van der Waals surface area contributed by atoms with E-state index in [0.29, 0.717) is 23.5 Å². The fourth-order valence-electron chi connectivity index (χ4n) is 2.95. The first-order valence-electron chi connectivity index (χ1n) is 9.70. The van der Waals surface area contributed by atoms with Crippen LogP contribution in [0, 0.1) is 0 Å². The molecule has 160 valence electrons. The van der Waals surface area contributed by atoms with Gasteiger partial charge in [0.2, 0.25) is 10.2 Å². The van der Waals surface area contributed by atoms with Gasteiger partial charge in [-0.3, -0.25) is 9.59 Å². The van der Waals surface area contributed by atoms with Gasteiger partial charge in [-0.25, -0.2) is 9.97 Å². The third-order valence-electron chi connectivity index (χ3n) is 4.19. The number of carbonyl (C=O) groups is 2. The number of fused-ring (bicyclic) bond motifs is 2. The Kier molecular flexibility index (Phi) is 6.47. The fraction of sp³-hybridized carbons (Fsp3) is 0.238. The van der Waals surface area contributed by atoms with Crippen molar-refractivity contribution in [1.29, 1.82) is 0 Å². The molecule has 2 heterocycles. The molecule has 0 fully saturated rings. The minimum atomic E-state index is -0.295. The van der Waals surface area contributed by atoms with Gasteiger partial charge in [-0.15, -0.1) is 0 Å². The van der Waals surface area contributed by atoms with Gasteiger partial charge in [-0.1, -0.05) is 0 Å². The van der Waals surface area contributed by atoms with Gasteiger partial charge in [-0.05, 0) is 61.6 Å². The Morgan fingerprint density at radius 1 is 0.806 bits per heavy atom. The monoisotopic (exact) mass is 456 g/mol. The largest absolute Gasteiger partial charge is 0.494 e. The van der Waals surface area contributed by atoms with Gasteiger partial charge in [0.25, 0.3) is 0 Å². The van der Waals surface area contributed by atoms with Gasteiger partial charge in [-0.2, -0.15) is 0 Å². The van der Waals surface area contributed by atoms with Crippen LogP contribution in [0.25, 0.3) is 22.1 Å². The van der Waals surface area contributed by atoms with Gasteiger partial charge >= 0.3 is 0 Å². The van der Waals surface area contributed by atoms with E-state index in [1.54, 1.807) is 0 Å². The van der Waals surface area contributed by atoms with Crippen LogP contribution in [0.5, 0.6) is 11.5 Å². The Morgan fingerprint density at radius 3 is 1.68 bits per heavy atom. The molecule has 2 N–H and O–H groups in total. The smallest absolute Gasteiger partial charge is 0.204 e. The highest BCUT2D eigenvalue weighted by Gasteiger charge is 2.17. The van der Waals surface area contributed by atoms with Crippen molar-refractivity contribution in [1.82, 2.24) is 19.9 Å². The molecule has 2 aromatic carbocycles. The van der Waals surface area contributed by atoms with Crippen LogP contribution in [0.2, 0.25) is 0 Å². The summed E-state index contributed by atoms with van der Waals surface area (Å²) in [5, 5.41) is 0.296. The lowest BCUT2D eigenvalue weighted by Gasteiger charge is -2.00. The first-order valence-corrected chi connectivity index (χ1v) is 11.3. The van der Waals surface area contributed by atoms with Crippen molar-refractivity contribution in [2.75, 3.05) is 13.2 Å². The van der Waals surface area contributed by atoms with Gasteiger partial charge in [0.05, 0.1) is 41.7 Å². The zero-order valence-electron chi connectivity index (χ0n) is 16.9. The van der Waals surface area contributed by atoms with Crippen LogP contribution in [0.4, 0.5) is 0 Å². The van der Waals surface area contributed by atoms with E-state index < -0.39 is 0 Å². The number of imidazole rings is 2. The lowest BCUT2D eigenvalue weighted by molar-refractivity contribution is -0.117. The second-order valence-corrected chi connectivity index (χ2v) is 8.53. The molecule has 8 nitrogen and oxygen atoms in total. The molecule has 10 heteroatoms. The second kappa shape index (κ2) is 9.44. The van der Waals surface area contributed by atoms with E-state index in [1.165, 1.54) is 0 Å². The number of thioether (sulfide) groups is 2. The maximum atomic E-state index is 12.3. The number of hydrogen-bond donors (Lipinski definition) is 2. The number of aromatic nitrogens is 4. The molecule has 0 aliphatic carbocycles. The van der Waals surface area contributed by atoms with Crippen molar-refractivity contribution >= 4 is 55.8 Å². The minimum absolute atomic E-state index is 0.238. The third kappa shape index (κ3) is 5.20. The molecule has 0 bridgehead atoms. The predicted molar refractivity (Wildman–Crippen MR) is 121 cm³/mol. The minimum Gasteiger partial charge on any atom is -0.494 e. The molecule has 0 atom stereocenters. The summed E-state index contributed by atoms with van der Waals surface area (Å²) in [6.45, 7) is 4.96. The number of H-pyrrole nitrogens is 2. The second-order valence-electron chi connectivity index (χ2n) is 6.43. The summed E-state index contributed by atoms with van der Waals surface area (Å²) in [4.78, 5) is 39.6. The summed E-state index contributed by atoms with van der Waals surface area (Å²) in [5.41, 5.74) is 3.01. The van der Waals surface area contributed by atoms with Crippen molar-refractivity contribution in [2.45, 2.75) is 30.6 Å². The van der Waals surface area contributed by atoms with Crippen LogP contribution in [-0.2, 0) is 9.59 Å². The highest BCUT2D eigenvalue weighted by Crippen LogP contribution is 2.27. The molecule has 0 radical (unpaired) electrons. The number of nitrogens with one attached hydrogen (secondary N) is 2. The molecule has 0 amide bonds. The van der Waals surface area contributed by atoms with E-state index in [9.17, 15) is 9.59 Å². The summed E-state index contributed by atoms with van der Waals surface area (Å²) in [7, 11) is 0. The average Bonchev–Trinajstić information content (AvgIpc) is 3.30. The topological polar surface area (TPSA) is 110 Å². The predicted octanol–water partition coefficient (Wildman–Crippen LogP) is 4.56. The maximum Gasteiger partial charge on any atom is 0.204 e. The maximum absolute atomic E-state index is 12.3. The van der Waals surface area contributed by atoms with E-state index in [-0.39, 0.29) is 16.7 Å². The number of hydrogen-bond acceptors (Lipinski definition) is 8. The van der Waals surface area contributed by atoms with Gasteiger partial charge < -0.3 is 19.4 Å². The summed E-state index contributed by atoms with van der Waals surface area (Å²) >= 11 is 1.82. The Balaban J connectivity index is 1.36. The van der Waals surface area contributed by atoms with Crippen molar-refractivity contribution < 1.29 is 19.1 Å². The van der Waals surface area contributed by atoms with E-state index >= 15 is 0 Å². The van der Waals surface area contributed by atoms with E-state index in [2.05, 4.69) is 19.9 Å². The molecule has 2 aromatic heterocycles. The molecule has 0 saturated heterocycles. The van der Waals surface area contributed by atoms with Crippen LogP contribution < -0.4 is 9.47 Å². The van der Waals surface area contributed by atoms with Crippen LogP contribution in [0.1, 0.15) is 20.3 Å². The van der Waals surface area contributed by atoms with Crippen molar-refractivity contribution in [3.8, 4) is 11.5 Å². The molecule has 0 saturated carbocycles. The zero-order valence-corrected chi connectivity index (χ0v) is 18.6. The first kappa shape index (κ1) is 21.3. The third-order valence-corrected chi connectivity index (χ3v) is 5.71. The summed E-state index contributed by atoms with van der Waals surface area (Å²) in [5.74, 6) is 1.46. The van der Waals surface area contributed by atoms with Crippen LogP contribution in [0.3, 0.4) is 0 Å². The van der Waals surface area contributed by atoms with Crippen LogP contribution in [-0.4, -0.2) is 43.4 Å². The number of ether oxygens (including phenoxy) is 2. The van der Waals surface area contributed by atoms with E-state index in [0.717, 1.165) is 57.1 Å². The Bertz CT molecular complexity index is 1150. The molecule has 31 heavy (non-hydrogen) atoms. The molecular weight excluding hydrogens is 436 g/mol. The number of nitrogens with zero attached hydrogens (tertiary/aromatic N) is 2. The van der Waals surface area contributed by atoms with E-state index in [1.807, 2.05) is 50.2 Å². The number of benzene rings is 2. The van der Waals surface area contributed by atoms with Crippen molar-refractivity contribution in [3.05, 3.63) is 36.4 Å². The number of rotatable bonds is 8. The standard InChI is InChI=1S/C21H20N4O4S2/c1-3-28-12-5-7-14-16(9-12)24-20(22-14)30-18(26)11-19(27)31-21-23-15-8-6-13(29-4-2)10-17(15)25-21/h5-10H,3-4,11H2,1-2H3,(H,22,24)(H,23,25). The summed E-state index contributed by atoms with van der Waals surface area (Å²) in [6.07, 6.45) is -0.238. The molecule has 4 aromatic rings. The fourth-order valence-corrected chi connectivity index (χ4v) is 4.49. The molecule has 0 unspecified atom stereocenters. The average molecular weight is 457 g/mol. The lowest BCUT2D eigenvalue weighted by Crippen LogP contribution is -2.01. The SMILES string of the molecule is CCOc1ccc2nc(SC(=O)CC(=O)Sc3nc4ccc(OCC)cc4[nH]3)[nH]c2c1. The quantitative estimate of drug-likeness (QED) is 0.293. The highest BCUT2D eigenvalue weighted by molar-refractivity contribution is 8.15. The zero-order chi connectivity index (χ0) is 21.8. The molecule has 0 spiro atoms. The van der Waals surface area contributed by atoms with Gasteiger partial charge in [0.15, 0.2) is 10.3 Å². The van der Waals surface area contributed by atoms with Crippen LogP contribution >= 0.6 is 23.5 Å². The molecular formula is C21H20N4O4S2. The Morgan fingerprint density at radius 2 is 1.26 bits per heavy atom. The first-order chi connectivity index (χ1) is 15.0. The molecule has 4 rings (SSSR count). The van der Waals surface area contributed by atoms with Crippen molar-refractivity contribution in [3.63, 3.8) is 0 Å². The van der Waals surface area contributed by atoms with E-state index in [4.69, 9.17) is 9.47 Å². The van der Waals surface area contributed by atoms with Gasteiger partial charge in [0.1, 0.15) is 11.5 Å². The molecule has 0 aliphatic heterocycles. The summed E-state index contributed by atoms with van der Waals surface area (Å²) < 4.78 is 10.9. The van der Waals surface area contributed by atoms with Gasteiger partial charge in [0, 0.05) is 12.1 Å². The summed E-state index contributed by atoms with van der Waals surface area (Å²) in [6, 6.07) is 11.0.